The van der Waals surface area contributed by atoms with Gasteiger partial charge in [0.1, 0.15) is 0 Å². The number of urea groups is 1. The molecule has 0 spiro atoms. The van der Waals surface area contributed by atoms with Crippen LogP contribution in [0.25, 0.3) is 0 Å². The molecule has 0 bridgehead atoms. The zero-order valence-electron chi connectivity index (χ0n) is 11.9. The monoisotopic (exact) mass is 288 g/mol. The Labute approximate surface area is 121 Å². The summed E-state index contributed by atoms with van der Waals surface area (Å²) in [4.78, 5) is 23.1. The Bertz CT molecular complexity index is 687. The first kappa shape index (κ1) is 14.6. The van der Waals surface area contributed by atoms with Crippen LogP contribution in [-0.2, 0) is 0 Å². The van der Waals surface area contributed by atoms with Gasteiger partial charge in [-0.05, 0) is 38.5 Å². The number of carboxylic acids is 1. The Hall–Kier alpha value is -2.83. The molecule has 110 valence electrons. The minimum absolute atomic E-state index is 0.156. The molecule has 0 radical (unpaired) electrons. The standard InChI is InChI=1S/C14H16N4O3/c1-7-10(13(19)20)5-4-6-11(7)15-14(21)16-12-8(2)17-18-9(12)3/h4-6H,1-3H3,(H,17,18)(H,19,20)(H2,15,16,21). The first-order valence-corrected chi connectivity index (χ1v) is 6.32. The predicted octanol–water partition coefficient (Wildman–Crippen LogP) is 2.68. The van der Waals surface area contributed by atoms with Crippen LogP contribution < -0.4 is 10.6 Å². The van der Waals surface area contributed by atoms with Gasteiger partial charge in [0.05, 0.1) is 22.6 Å². The van der Waals surface area contributed by atoms with Crippen LogP contribution >= 0.6 is 0 Å². The fourth-order valence-corrected chi connectivity index (χ4v) is 2.00. The molecule has 7 heteroatoms. The highest BCUT2D eigenvalue weighted by Crippen LogP contribution is 2.20. The molecule has 7 nitrogen and oxygen atoms in total. The van der Waals surface area contributed by atoms with E-state index < -0.39 is 12.0 Å². The molecular formula is C14H16N4O3. The van der Waals surface area contributed by atoms with Crippen molar-refractivity contribution in [2.45, 2.75) is 20.8 Å². The lowest BCUT2D eigenvalue weighted by molar-refractivity contribution is 0.0696. The van der Waals surface area contributed by atoms with E-state index in [4.69, 9.17) is 5.11 Å². The average Bonchev–Trinajstić information content (AvgIpc) is 2.72. The molecule has 0 unspecified atom stereocenters. The number of aromatic amines is 1. The van der Waals surface area contributed by atoms with Crippen molar-refractivity contribution in [3.63, 3.8) is 0 Å². The second-order valence-electron chi connectivity index (χ2n) is 4.67. The van der Waals surface area contributed by atoms with Crippen molar-refractivity contribution in [1.29, 1.82) is 0 Å². The molecule has 1 heterocycles. The summed E-state index contributed by atoms with van der Waals surface area (Å²) in [6.45, 7) is 5.22. The molecule has 0 fully saturated rings. The van der Waals surface area contributed by atoms with Crippen LogP contribution in [0.2, 0.25) is 0 Å². The van der Waals surface area contributed by atoms with E-state index in [1.54, 1.807) is 32.9 Å². The molecule has 0 aliphatic heterocycles. The number of benzene rings is 1. The summed E-state index contributed by atoms with van der Waals surface area (Å²) in [6, 6.07) is 4.27. The summed E-state index contributed by atoms with van der Waals surface area (Å²) in [7, 11) is 0. The fourth-order valence-electron chi connectivity index (χ4n) is 2.00. The van der Waals surface area contributed by atoms with Gasteiger partial charge in [-0.3, -0.25) is 5.10 Å². The lowest BCUT2D eigenvalue weighted by Gasteiger charge is -2.11. The van der Waals surface area contributed by atoms with Crippen molar-refractivity contribution in [1.82, 2.24) is 10.2 Å². The number of nitrogens with one attached hydrogen (secondary N) is 3. The van der Waals surface area contributed by atoms with Gasteiger partial charge in [-0.15, -0.1) is 0 Å². The van der Waals surface area contributed by atoms with Crippen molar-refractivity contribution >= 4 is 23.4 Å². The molecule has 0 aliphatic carbocycles. The van der Waals surface area contributed by atoms with E-state index in [1.165, 1.54) is 6.07 Å². The van der Waals surface area contributed by atoms with E-state index >= 15 is 0 Å². The number of hydrogen-bond acceptors (Lipinski definition) is 3. The predicted molar refractivity (Wildman–Crippen MR) is 78.8 cm³/mol. The highest BCUT2D eigenvalue weighted by atomic mass is 16.4. The lowest BCUT2D eigenvalue weighted by Crippen LogP contribution is -2.21. The van der Waals surface area contributed by atoms with E-state index in [9.17, 15) is 9.59 Å². The number of aryl methyl sites for hydroxylation is 2. The summed E-state index contributed by atoms with van der Waals surface area (Å²) in [5.74, 6) is -1.03. The summed E-state index contributed by atoms with van der Waals surface area (Å²) in [5.41, 5.74) is 3.15. The van der Waals surface area contributed by atoms with E-state index in [2.05, 4.69) is 20.8 Å². The highest BCUT2D eigenvalue weighted by molar-refractivity contribution is 6.02. The van der Waals surface area contributed by atoms with Crippen molar-refractivity contribution in [3.8, 4) is 0 Å². The van der Waals surface area contributed by atoms with E-state index in [0.29, 0.717) is 22.6 Å². The van der Waals surface area contributed by atoms with Crippen LogP contribution in [-0.4, -0.2) is 27.3 Å². The van der Waals surface area contributed by atoms with Crippen molar-refractivity contribution in [3.05, 3.63) is 40.7 Å². The smallest absolute Gasteiger partial charge is 0.336 e. The summed E-state index contributed by atoms with van der Waals surface area (Å²) in [6.07, 6.45) is 0. The molecule has 1 aromatic carbocycles. The maximum Gasteiger partial charge on any atom is 0.336 e. The summed E-state index contributed by atoms with van der Waals surface area (Å²) in [5, 5.41) is 21.2. The van der Waals surface area contributed by atoms with E-state index in [-0.39, 0.29) is 5.56 Å². The van der Waals surface area contributed by atoms with Gasteiger partial charge in [-0.25, -0.2) is 9.59 Å². The first-order chi connectivity index (χ1) is 9.90. The molecule has 2 rings (SSSR count). The third-order valence-corrected chi connectivity index (χ3v) is 3.18. The first-order valence-electron chi connectivity index (χ1n) is 6.32. The number of aromatic carboxylic acids is 1. The van der Waals surface area contributed by atoms with Crippen molar-refractivity contribution in [2.24, 2.45) is 0 Å². The molecule has 2 aromatic rings. The number of carboxylic acid groups (broad SMARTS) is 1. The molecule has 0 aliphatic rings. The molecule has 21 heavy (non-hydrogen) atoms. The molecule has 0 saturated heterocycles. The number of amides is 2. The zero-order valence-corrected chi connectivity index (χ0v) is 11.9. The normalized spacial score (nSPS) is 10.2. The number of carbonyl (C=O) groups excluding carboxylic acids is 1. The minimum Gasteiger partial charge on any atom is -0.478 e. The van der Waals surface area contributed by atoms with Gasteiger partial charge in [0.25, 0.3) is 0 Å². The lowest BCUT2D eigenvalue weighted by atomic mass is 10.1. The van der Waals surface area contributed by atoms with Crippen LogP contribution in [0.5, 0.6) is 0 Å². The van der Waals surface area contributed by atoms with Crippen LogP contribution in [0.1, 0.15) is 27.3 Å². The highest BCUT2D eigenvalue weighted by Gasteiger charge is 2.14. The quantitative estimate of drug-likeness (QED) is 0.696. The summed E-state index contributed by atoms with van der Waals surface area (Å²) >= 11 is 0. The van der Waals surface area contributed by atoms with Crippen LogP contribution in [0, 0.1) is 20.8 Å². The SMILES string of the molecule is Cc1n[nH]c(C)c1NC(=O)Nc1cccc(C(=O)O)c1C. The zero-order chi connectivity index (χ0) is 15.6. The topological polar surface area (TPSA) is 107 Å². The third kappa shape index (κ3) is 3.02. The largest absolute Gasteiger partial charge is 0.478 e. The van der Waals surface area contributed by atoms with Crippen LogP contribution in [0.15, 0.2) is 18.2 Å². The van der Waals surface area contributed by atoms with Gasteiger partial charge in [0, 0.05) is 5.69 Å². The molecular weight excluding hydrogens is 272 g/mol. The Kier molecular flexibility index (Phi) is 3.93. The second kappa shape index (κ2) is 5.66. The van der Waals surface area contributed by atoms with Gasteiger partial charge in [0.2, 0.25) is 0 Å². The summed E-state index contributed by atoms with van der Waals surface area (Å²) < 4.78 is 0. The van der Waals surface area contributed by atoms with Gasteiger partial charge in [-0.2, -0.15) is 5.10 Å². The van der Waals surface area contributed by atoms with Gasteiger partial charge < -0.3 is 15.7 Å². The molecule has 0 saturated carbocycles. The molecule has 1 aromatic heterocycles. The van der Waals surface area contributed by atoms with Crippen LogP contribution in [0.3, 0.4) is 0 Å². The number of nitrogens with zero attached hydrogens (tertiary/aromatic N) is 1. The number of anilines is 2. The molecule has 2 amide bonds. The Morgan fingerprint density at radius 1 is 1.19 bits per heavy atom. The maximum absolute atomic E-state index is 12.0. The maximum atomic E-state index is 12.0. The second-order valence-corrected chi connectivity index (χ2v) is 4.67. The van der Waals surface area contributed by atoms with Gasteiger partial charge in [0.15, 0.2) is 0 Å². The Morgan fingerprint density at radius 3 is 2.48 bits per heavy atom. The number of hydrogen-bond donors (Lipinski definition) is 4. The van der Waals surface area contributed by atoms with Crippen molar-refractivity contribution in [2.75, 3.05) is 10.6 Å². The van der Waals surface area contributed by atoms with Crippen LogP contribution in [0.4, 0.5) is 16.2 Å². The number of carbonyl (C=O) groups is 2. The van der Waals surface area contributed by atoms with Gasteiger partial charge in [-0.1, -0.05) is 6.07 Å². The Balaban J connectivity index is 2.17. The van der Waals surface area contributed by atoms with E-state index in [0.717, 1.165) is 5.69 Å². The minimum atomic E-state index is -1.03. The molecule has 0 atom stereocenters. The van der Waals surface area contributed by atoms with Crippen molar-refractivity contribution < 1.29 is 14.7 Å². The van der Waals surface area contributed by atoms with Gasteiger partial charge >= 0.3 is 12.0 Å². The number of H-pyrrole nitrogens is 1. The molecule has 4 N–H and O–H groups in total. The average molecular weight is 288 g/mol. The fraction of sp³-hybridized carbons (Fsp3) is 0.214. The third-order valence-electron chi connectivity index (χ3n) is 3.18. The van der Waals surface area contributed by atoms with E-state index in [1.807, 2.05) is 0 Å². The number of rotatable bonds is 3. The number of aromatic nitrogens is 2. The Morgan fingerprint density at radius 2 is 1.90 bits per heavy atom.